The molecule has 0 heterocycles. The Kier molecular flexibility index (Phi) is 6.48. The first kappa shape index (κ1) is 12.9. The highest BCUT2D eigenvalue weighted by Gasteiger charge is 1.95. The number of benzene rings is 1. The monoisotopic (exact) mass is 240 g/mol. The summed E-state index contributed by atoms with van der Waals surface area (Å²) in [5, 5.41) is 15.1. The van der Waals surface area contributed by atoms with Crippen LogP contribution in [0.4, 0.5) is 5.69 Å². The standard InChI is InChI=1S/C11H16N2O2S/c14-7-9-15-8-6-12-11(16)13-10-4-2-1-3-5-10/h1-5,14H,6-9H2,(H2,12,13,16). The quantitative estimate of drug-likeness (QED) is 0.511. The van der Waals surface area contributed by atoms with Gasteiger partial charge in [-0.3, -0.25) is 0 Å². The summed E-state index contributed by atoms with van der Waals surface area (Å²) in [5.41, 5.74) is 0.955. The van der Waals surface area contributed by atoms with Crippen LogP contribution in [0.1, 0.15) is 0 Å². The zero-order chi connectivity index (χ0) is 11.6. The molecule has 0 saturated heterocycles. The van der Waals surface area contributed by atoms with E-state index >= 15 is 0 Å². The Hall–Kier alpha value is -1.17. The predicted octanol–water partition coefficient (Wildman–Crippen LogP) is 0.982. The number of anilines is 1. The largest absolute Gasteiger partial charge is 0.394 e. The van der Waals surface area contributed by atoms with E-state index in [9.17, 15) is 0 Å². The molecule has 1 aromatic rings. The number of aliphatic hydroxyl groups is 1. The van der Waals surface area contributed by atoms with E-state index in [1.165, 1.54) is 0 Å². The molecule has 0 aromatic heterocycles. The zero-order valence-corrected chi connectivity index (χ0v) is 9.80. The van der Waals surface area contributed by atoms with Crippen molar-refractivity contribution < 1.29 is 9.84 Å². The van der Waals surface area contributed by atoms with E-state index in [-0.39, 0.29) is 6.61 Å². The highest BCUT2D eigenvalue weighted by Crippen LogP contribution is 2.03. The van der Waals surface area contributed by atoms with Gasteiger partial charge in [-0.2, -0.15) is 0 Å². The molecule has 0 bridgehead atoms. The number of rotatable bonds is 6. The molecular formula is C11H16N2O2S. The Bertz CT molecular complexity index is 306. The van der Waals surface area contributed by atoms with Gasteiger partial charge in [0.05, 0.1) is 19.8 Å². The average Bonchev–Trinajstić information content (AvgIpc) is 2.30. The third-order valence-corrected chi connectivity index (χ3v) is 2.05. The first-order valence-electron chi connectivity index (χ1n) is 5.11. The van der Waals surface area contributed by atoms with Crippen molar-refractivity contribution in [2.75, 3.05) is 31.7 Å². The minimum absolute atomic E-state index is 0.0483. The van der Waals surface area contributed by atoms with Crippen molar-refractivity contribution in [1.29, 1.82) is 0 Å². The van der Waals surface area contributed by atoms with Gasteiger partial charge in [-0.1, -0.05) is 18.2 Å². The van der Waals surface area contributed by atoms with Crippen LogP contribution in [0.25, 0.3) is 0 Å². The molecule has 3 N–H and O–H groups in total. The van der Waals surface area contributed by atoms with E-state index in [0.29, 0.717) is 24.9 Å². The third kappa shape index (κ3) is 5.65. The highest BCUT2D eigenvalue weighted by atomic mass is 32.1. The molecule has 0 unspecified atom stereocenters. The van der Waals surface area contributed by atoms with Crippen LogP contribution >= 0.6 is 12.2 Å². The minimum Gasteiger partial charge on any atom is -0.394 e. The fourth-order valence-corrected chi connectivity index (χ4v) is 1.32. The van der Waals surface area contributed by atoms with Crippen molar-refractivity contribution in [1.82, 2.24) is 5.32 Å². The van der Waals surface area contributed by atoms with Gasteiger partial charge in [-0.15, -0.1) is 0 Å². The van der Waals surface area contributed by atoms with E-state index in [4.69, 9.17) is 22.1 Å². The molecule has 0 amide bonds. The number of para-hydroxylation sites is 1. The fourth-order valence-electron chi connectivity index (χ4n) is 1.10. The van der Waals surface area contributed by atoms with E-state index in [2.05, 4.69) is 10.6 Å². The molecule has 0 saturated carbocycles. The molecule has 0 aliphatic heterocycles. The molecule has 1 aromatic carbocycles. The lowest BCUT2D eigenvalue weighted by Crippen LogP contribution is -2.31. The Morgan fingerprint density at radius 3 is 2.69 bits per heavy atom. The van der Waals surface area contributed by atoms with Gasteiger partial charge in [-0.05, 0) is 24.4 Å². The summed E-state index contributed by atoms with van der Waals surface area (Å²) in [5.74, 6) is 0. The smallest absolute Gasteiger partial charge is 0.170 e. The van der Waals surface area contributed by atoms with Crippen molar-refractivity contribution in [2.45, 2.75) is 0 Å². The van der Waals surface area contributed by atoms with E-state index < -0.39 is 0 Å². The van der Waals surface area contributed by atoms with Gasteiger partial charge < -0.3 is 20.5 Å². The molecule has 16 heavy (non-hydrogen) atoms. The molecule has 0 fully saturated rings. The summed E-state index contributed by atoms with van der Waals surface area (Å²) in [4.78, 5) is 0. The SMILES string of the molecule is OCCOCCNC(=S)Nc1ccccc1. The fraction of sp³-hybridized carbons (Fsp3) is 0.364. The number of ether oxygens (including phenoxy) is 1. The number of aliphatic hydroxyl groups excluding tert-OH is 1. The van der Waals surface area contributed by atoms with Crippen LogP contribution in [0.2, 0.25) is 0 Å². The van der Waals surface area contributed by atoms with Crippen LogP contribution in [0.5, 0.6) is 0 Å². The average molecular weight is 240 g/mol. The summed E-state index contributed by atoms with van der Waals surface area (Å²) in [6.07, 6.45) is 0. The Labute approximate surface area is 101 Å². The topological polar surface area (TPSA) is 53.5 Å². The van der Waals surface area contributed by atoms with E-state index in [1.807, 2.05) is 30.3 Å². The summed E-state index contributed by atoms with van der Waals surface area (Å²) in [6, 6.07) is 9.71. The molecule has 0 spiro atoms. The Morgan fingerprint density at radius 1 is 1.25 bits per heavy atom. The maximum absolute atomic E-state index is 8.49. The van der Waals surface area contributed by atoms with Crippen LogP contribution in [0.15, 0.2) is 30.3 Å². The van der Waals surface area contributed by atoms with E-state index in [1.54, 1.807) is 0 Å². The van der Waals surface area contributed by atoms with Crippen molar-refractivity contribution in [3.8, 4) is 0 Å². The lowest BCUT2D eigenvalue weighted by molar-refractivity contribution is 0.0959. The summed E-state index contributed by atoms with van der Waals surface area (Å²) < 4.78 is 5.08. The molecule has 0 aliphatic carbocycles. The number of thiocarbonyl (C=S) groups is 1. The van der Waals surface area contributed by atoms with Crippen molar-refractivity contribution in [3.63, 3.8) is 0 Å². The number of nitrogens with one attached hydrogen (secondary N) is 2. The second-order valence-electron chi connectivity index (χ2n) is 3.08. The zero-order valence-electron chi connectivity index (χ0n) is 8.98. The van der Waals surface area contributed by atoms with Crippen LogP contribution < -0.4 is 10.6 Å². The summed E-state index contributed by atoms with van der Waals surface area (Å²) in [6.45, 7) is 1.56. The van der Waals surface area contributed by atoms with Crippen LogP contribution in [-0.2, 0) is 4.74 Å². The highest BCUT2D eigenvalue weighted by molar-refractivity contribution is 7.80. The van der Waals surface area contributed by atoms with Gasteiger partial charge in [0, 0.05) is 12.2 Å². The third-order valence-electron chi connectivity index (χ3n) is 1.80. The number of hydrogen-bond donors (Lipinski definition) is 3. The first-order chi connectivity index (χ1) is 7.83. The second kappa shape index (κ2) is 8.04. The van der Waals surface area contributed by atoms with Crippen LogP contribution in [0.3, 0.4) is 0 Å². The van der Waals surface area contributed by atoms with Crippen molar-refractivity contribution >= 4 is 23.0 Å². The predicted molar refractivity (Wildman–Crippen MR) is 68.6 cm³/mol. The van der Waals surface area contributed by atoms with E-state index in [0.717, 1.165) is 5.69 Å². The summed E-state index contributed by atoms with van der Waals surface area (Å²) in [7, 11) is 0. The van der Waals surface area contributed by atoms with Crippen molar-refractivity contribution in [2.24, 2.45) is 0 Å². The molecule has 5 heteroatoms. The van der Waals surface area contributed by atoms with Gasteiger partial charge in [0.1, 0.15) is 0 Å². The molecule has 4 nitrogen and oxygen atoms in total. The van der Waals surface area contributed by atoms with Gasteiger partial charge >= 0.3 is 0 Å². The minimum atomic E-state index is 0.0483. The lowest BCUT2D eigenvalue weighted by atomic mass is 10.3. The van der Waals surface area contributed by atoms with Gasteiger partial charge in [0.2, 0.25) is 0 Å². The van der Waals surface area contributed by atoms with Gasteiger partial charge in [0.15, 0.2) is 5.11 Å². The summed E-state index contributed by atoms with van der Waals surface area (Å²) >= 11 is 5.09. The maximum atomic E-state index is 8.49. The lowest BCUT2D eigenvalue weighted by Gasteiger charge is -2.10. The Morgan fingerprint density at radius 2 is 2.00 bits per heavy atom. The van der Waals surface area contributed by atoms with Crippen molar-refractivity contribution in [3.05, 3.63) is 30.3 Å². The molecule has 0 aliphatic rings. The Balaban J connectivity index is 2.12. The molecule has 88 valence electrons. The molecule has 0 radical (unpaired) electrons. The molecule has 1 rings (SSSR count). The molecule has 0 atom stereocenters. The van der Waals surface area contributed by atoms with Crippen LogP contribution in [0, 0.1) is 0 Å². The maximum Gasteiger partial charge on any atom is 0.170 e. The first-order valence-corrected chi connectivity index (χ1v) is 5.52. The normalized spacial score (nSPS) is 9.81. The number of hydrogen-bond acceptors (Lipinski definition) is 3. The molecular weight excluding hydrogens is 224 g/mol. The second-order valence-corrected chi connectivity index (χ2v) is 3.49. The van der Waals surface area contributed by atoms with Crippen LogP contribution in [-0.4, -0.2) is 36.6 Å². The van der Waals surface area contributed by atoms with Gasteiger partial charge in [0.25, 0.3) is 0 Å². The van der Waals surface area contributed by atoms with Gasteiger partial charge in [-0.25, -0.2) is 0 Å².